The molecule has 0 aliphatic heterocycles. The maximum Gasteiger partial charge on any atom is 0.253 e. The number of nitrogens with zero attached hydrogens (tertiary/aromatic N) is 1. The number of hydrogen-bond donors (Lipinski definition) is 0. The molecule has 2 nitrogen and oxygen atoms in total. The Morgan fingerprint density at radius 2 is 2.31 bits per heavy atom. The van der Waals surface area contributed by atoms with E-state index in [0.717, 1.165) is 15.6 Å². The van der Waals surface area contributed by atoms with Crippen molar-refractivity contribution in [1.82, 2.24) is 4.57 Å². The summed E-state index contributed by atoms with van der Waals surface area (Å²) in [5, 5.41) is 0. The first-order valence-electron chi connectivity index (χ1n) is 4.01. The molecule has 0 amide bonds. The van der Waals surface area contributed by atoms with Crippen LogP contribution in [0.5, 0.6) is 0 Å². The molecule has 0 fully saturated rings. The Hall–Kier alpha value is -0.830. The maximum absolute atomic E-state index is 11.6. The van der Waals surface area contributed by atoms with Gasteiger partial charge in [0.05, 0.1) is 0 Å². The first kappa shape index (κ1) is 10.3. The third-order valence-corrected chi connectivity index (χ3v) is 2.11. The van der Waals surface area contributed by atoms with Crippen LogP contribution in [0.4, 0.5) is 0 Å². The summed E-state index contributed by atoms with van der Waals surface area (Å²) in [7, 11) is 0. The molecule has 0 spiro atoms. The lowest BCUT2D eigenvalue weighted by molar-refractivity contribution is 0.739. The molecule has 0 aliphatic carbocycles. The third-order valence-electron chi connectivity index (χ3n) is 1.67. The number of halogens is 1. The molecule has 0 aromatic carbocycles. The Morgan fingerprint density at radius 1 is 1.69 bits per heavy atom. The number of aromatic nitrogens is 1. The molecule has 0 atom stereocenters. The van der Waals surface area contributed by atoms with Crippen molar-refractivity contribution in [1.29, 1.82) is 0 Å². The molecule has 13 heavy (non-hydrogen) atoms. The molecule has 0 N–H and O–H groups in total. The molecule has 0 radical (unpaired) electrons. The number of pyridine rings is 1. The minimum Gasteiger partial charge on any atom is -0.310 e. The highest BCUT2D eigenvalue weighted by atomic mass is 79.9. The molecule has 0 bridgehead atoms. The smallest absolute Gasteiger partial charge is 0.253 e. The number of rotatable bonds is 2. The quantitative estimate of drug-likeness (QED) is 0.730. The predicted octanol–water partition coefficient (Wildman–Crippen LogP) is 2.50. The van der Waals surface area contributed by atoms with Crippen LogP contribution in [0.3, 0.4) is 0 Å². The summed E-state index contributed by atoms with van der Waals surface area (Å²) in [6.07, 6.45) is 1.78. The van der Waals surface area contributed by atoms with Gasteiger partial charge in [0.1, 0.15) is 0 Å². The minimum atomic E-state index is 0.0474. The zero-order chi connectivity index (χ0) is 10.0. The van der Waals surface area contributed by atoms with E-state index in [4.69, 9.17) is 0 Å². The summed E-state index contributed by atoms with van der Waals surface area (Å²) in [5.41, 5.74) is 1.77. The van der Waals surface area contributed by atoms with Crippen LogP contribution in [0.25, 0.3) is 0 Å². The van der Waals surface area contributed by atoms with Crippen molar-refractivity contribution < 1.29 is 0 Å². The van der Waals surface area contributed by atoms with E-state index in [0.29, 0.717) is 6.54 Å². The van der Waals surface area contributed by atoms with Gasteiger partial charge >= 0.3 is 0 Å². The highest BCUT2D eigenvalue weighted by Crippen LogP contribution is 2.08. The van der Waals surface area contributed by atoms with Gasteiger partial charge in [0.15, 0.2) is 0 Å². The molecule has 3 heteroatoms. The largest absolute Gasteiger partial charge is 0.310 e. The standard InChI is InChI=1S/C10H12BrNO/c1-7(2)5-12-6-9(11)4-8(3)10(12)13/h4,6H,1,5H2,2-3H3. The van der Waals surface area contributed by atoms with Crippen molar-refractivity contribution in [3.63, 3.8) is 0 Å². The first-order chi connectivity index (χ1) is 6.00. The Labute approximate surface area is 86.0 Å². The normalized spacial score (nSPS) is 10.1. The van der Waals surface area contributed by atoms with E-state index < -0.39 is 0 Å². The molecule has 70 valence electrons. The Balaban J connectivity index is 3.21. The summed E-state index contributed by atoms with van der Waals surface area (Å²) >= 11 is 3.35. The Kier molecular flexibility index (Phi) is 3.09. The van der Waals surface area contributed by atoms with E-state index >= 15 is 0 Å². The molecule has 1 rings (SSSR count). The van der Waals surface area contributed by atoms with Gasteiger partial charge in [0, 0.05) is 22.8 Å². The lowest BCUT2D eigenvalue weighted by Gasteiger charge is -2.06. The van der Waals surface area contributed by atoms with Gasteiger partial charge in [-0.15, -0.1) is 0 Å². The van der Waals surface area contributed by atoms with Crippen molar-refractivity contribution in [3.8, 4) is 0 Å². The summed E-state index contributed by atoms with van der Waals surface area (Å²) < 4.78 is 2.58. The van der Waals surface area contributed by atoms with Crippen LogP contribution in [-0.4, -0.2) is 4.57 Å². The fourth-order valence-corrected chi connectivity index (χ4v) is 1.74. The van der Waals surface area contributed by atoms with E-state index in [1.807, 2.05) is 19.9 Å². The van der Waals surface area contributed by atoms with Crippen LogP contribution in [0.1, 0.15) is 12.5 Å². The highest BCUT2D eigenvalue weighted by Gasteiger charge is 2.00. The van der Waals surface area contributed by atoms with Crippen LogP contribution < -0.4 is 5.56 Å². The van der Waals surface area contributed by atoms with Crippen molar-refractivity contribution in [2.75, 3.05) is 0 Å². The van der Waals surface area contributed by atoms with E-state index in [2.05, 4.69) is 22.5 Å². The molecule has 1 aromatic heterocycles. The van der Waals surface area contributed by atoms with E-state index in [1.54, 1.807) is 10.8 Å². The number of aryl methyl sites for hydroxylation is 1. The number of allylic oxidation sites excluding steroid dienone is 1. The van der Waals surface area contributed by atoms with Gasteiger partial charge in [0.2, 0.25) is 0 Å². The topological polar surface area (TPSA) is 22.0 Å². The second kappa shape index (κ2) is 3.92. The van der Waals surface area contributed by atoms with Gasteiger partial charge in [-0.3, -0.25) is 4.79 Å². The fraction of sp³-hybridized carbons (Fsp3) is 0.300. The van der Waals surface area contributed by atoms with Crippen LogP contribution in [0.2, 0.25) is 0 Å². The van der Waals surface area contributed by atoms with E-state index in [1.165, 1.54) is 0 Å². The third kappa shape index (κ3) is 2.56. The summed E-state index contributed by atoms with van der Waals surface area (Å²) in [4.78, 5) is 11.6. The summed E-state index contributed by atoms with van der Waals surface area (Å²) in [6.45, 7) is 8.07. The molecular weight excluding hydrogens is 230 g/mol. The van der Waals surface area contributed by atoms with Crippen LogP contribution in [0, 0.1) is 6.92 Å². The van der Waals surface area contributed by atoms with Crippen LogP contribution in [-0.2, 0) is 6.54 Å². The fourth-order valence-electron chi connectivity index (χ4n) is 1.15. The monoisotopic (exact) mass is 241 g/mol. The van der Waals surface area contributed by atoms with Gasteiger partial charge in [0.25, 0.3) is 5.56 Å². The lowest BCUT2D eigenvalue weighted by Crippen LogP contribution is -2.21. The van der Waals surface area contributed by atoms with Crippen molar-refractivity contribution in [2.45, 2.75) is 20.4 Å². The zero-order valence-corrected chi connectivity index (χ0v) is 9.39. The summed E-state index contributed by atoms with van der Waals surface area (Å²) in [6, 6.07) is 1.82. The molecule has 1 aromatic rings. The van der Waals surface area contributed by atoms with Crippen molar-refractivity contribution >= 4 is 15.9 Å². The average Bonchev–Trinajstić information content (AvgIpc) is 1.98. The maximum atomic E-state index is 11.6. The SMILES string of the molecule is C=C(C)Cn1cc(Br)cc(C)c1=O. The van der Waals surface area contributed by atoms with Gasteiger partial charge in [-0.25, -0.2) is 0 Å². The van der Waals surface area contributed by atoms with E-state index in [-0.39, 0.29) is 5.56 Å². The van der Waals surface area contributed by atoms with Gasteiger partial charge in [-0.05, 0) is 35.8 Å². The Bertz CT molecular complexity index is 392. The summed E-state index contributed by atoms with van der Waals surface area (Å²) in [5.74, 6) is 0. The second-order valence-electron chi connectivity index (χ2n) is 3.23. The first-order valence-corrected chi connectivity index (χ1v) is 4.81. The molecule has 0 unspecified atom stereocenters. The molecule has 0 saturated carbocycles. The van der Waals surface area contributed by atoms with E-state index in [9.17, 15) is 4.79 Å². The zero-order valence-electron chi connectivity index (χ0n) is 7.80. The van der Waals surface area contributed by atoms with Crippen LogP contribution >= 0.6 is 15.9 Å². The van der Waals surface area contributed by atoms with Gasteiger partial charge < -0.3 is 4.57 Å². The highest BCUT2D eigenvalue weighted by molar-refractivity contribution is 9.10. The molecule has 1 heterocycles. The van der Waals surface area contributed by atoms with Crippen molar-refractivity contribution in [3.05, 3.63) is 44.8 Å². The molecular formula is C10H12BrNO. The van der Waals surface area contributed by atoms with Crippen molar-refractivity contribution in [2.24, 2.45) is 0 Å². The molecule has 0 aliphatic rings. The predicted molar refractivity (Wildman–Crippen MR) is 58.0 cm³/mol. The number of hydrogen-bond acceptors (Lipinski definition) is 1. The average molecular weight is 242 g/mol. The van der Waals surface area contributed by atoms with Crippen LogP contribution in [0.15, 0.2) is 33.7 Å². The van der Waals surface area contributed by atoms with Gasteiger partial charge in [-0.1, -0.05) is 12.2 Å². The minimum absolute atomic E-state index is 0.0474. The van der Waals surface area contributed by atoms with Gasteiger partial charge in [-0.2, -0.15) is 0 Å². The lowest BCUT2D eigenvalue weighted by atomic mass is 10.3. The second-order valence-corrected chi connectivity index (χ2v) is 4.15. The molecule has 0 saturated heterocycles. The Morgan fingerprint density at radius 3 is 2.85 bits per heavy atom.